The van der Waals surface area contributed by atoms with Crippen molar-refractivity contribution in [1.29, 1.82) is 0 Å². The quantitative estimate of drug-likeness (QED) is 0.725. The Labute approximate surface area is 149 Å². The zero-order valence-corrected chi connectivity index (χ0v) is 14.4. The standard InChI is InChI=1S/C19H17FN4O2/c1-3-15-17(12-5-7-16(21)22-9-12)18(24-10-23-15)11-4-6-14(20)13(8-11)19(25)26-2/h4-10H,3H2,1-2H3,(H2,21,22). The molecule has 0 unspecified atom stereocenters. The second kappa shape index (κ2) is 7.26. The zero-order valence-electron chi connectivity index (χ0n) is 14.4. The molecular weight excluding hydrogens is 335 g/mol. The largest absolute Gasteiger partial charge is 0.465 e. The van der Waals surface area contributed by atoms with Gasteiger partial charge in [-0.25, -0.2) is 24.1 Å². The van der Waals surface area contributed by atoms with E-state index in [0.717, 1.165) is 16.8 Å². The maximum atomic E-state index is 14.0. The molecule has 6 nitrogen and oxygen atoms in total. The van der Waals surface area contributed by atoms with E-state index in [1.807, 2.05) is 13.0 Å². The van der Waals surface area contributed by atoms with Crippen LogP contribution in [0.1, 0.15) is 23.0 Å². The predicted molar refractivity (Wildman–Crippen MR) is 95.8 cm³/mol. The molecule has 3 aromatic rings. The molecule has 0 aliphatic heterocycles. The number of benzene rings is 1. The Bertz CT molecular complexity index is 958. The lowest BCUT2D eigenvalue weighted by Crippen LogP contribution is -2.05. The van der Waals surface area contributed by atoms with Crippen LogP contribution in [0.2, 0.25) is 0 Å². The van der Waals surface area contributed by atoms with Crippen molar-refractivity contribution in [3.8, 4) is 22.4 Å². The fourth-order valence-electron chi connectivity index (χ4n) is 2.70. The summed E-state index contributed by atoms with van der Waals surface area (Å²) in [5, 5.41) is 0. The van der Waals surface area contributed by atoms with Gasteiger partial charge in [0.2, 0.25) is 0 Å². The van der Waals surface area contributed by atoms with Gasteiger partial charge in [0.1, 0.15) is 18.0 Å². The van der Waals surface area contributed by atoms with Crippen molar-refractivity contribution in [2.45, 2.75) is 13.3 Å². The first-order chi connectivity index (χ1) is 12.5. The molecule has 0 spiro atoms. The van der Waals surface area contributed by atoms with Gasteiger partial charge < -0.3 is 10.5 Å². The molecule has 1 aromatic carbocycles. The smallest absolute Gasteiger partial charge is 0.340 e. The zero-order chi connectivity index (χ0) is 18.7. The minimum absolute atomic E-state index is 0.150. The van der Waals surface area contributed by atoms with Crippen LogP contribution in [0.3, 0.4) is 0 Å². The molecular formula is C19H17FN4O2. The van der Waals surface area contributed by atoms with Crippen LogP contribution in [0.15, 0.2) is 42.9 Å². The average Bonchev–Trinajstić information content (AvgIpc) is 2.68. The molecule has 0 amide bonds. The van der Waals surface area contributed by atoms with Gasteiger partial charge in [0.05, 0.1) is 24.1 Å². The van der Waals surface area contributed by atoms with E-state index >= 15 is 0 Å². The Morgan fingerprint density at radius 1 is 1.15 bits per heavy atom. The molecule has 0 aliphatic rings. The number of halogens is 1. The van der Waals surface area contributed by atoms with E-state index in [1.165, 1.54) is 25.6 Å². The summed E-state index contributed by atoms with van der Waals surface area (Å²) >= 11 is 0. The van der Waals surface area contributed by atoms with E-state index in [2.05, 4.69) is 19.7 Å². The summed E-state index contributed by atoms with van der Waals surface area (Å²) in [6.45, 7) is 1.98. The van der Waals surface area contributed by atoms with Crippen LogP contribution >= 0.6 is 0 Å². The number of hydrogen-bond donors (Lipinski definition) is 1. The second-order valence-corrected chi connectivity index (χ2v) is 5.56. The molecule has 132 valence electrons. The molecule has 0 atom stereocenters. The van der Waals surface area contributed by atoms with Crippen molar-refractivity contribution in [2.75, 3.05) is 12.8 Å². The molecule has 0 radical (unpaired) electrons. The number of pyridine rings is 1. The third-order valence-electron chi connectivity index (χ3n) is 3.98. The van der Waals surface area contributed by atoms with E-state index in [0.29, 0.717) is 23.5 Å². The van der Waals surface area contributed by atoms with Crippen molar-refractivity contribution >= 4 is 11.8 Å². The van der Waals surface area contributed by atoms with E-state index in [4.69, 9.17) is 5.73 Å². The number of hydrogen-bond acceptors (Lipinski definition) is 6. The van der Waals surface area contributed by atoms with Gasteiger partial charge in [0.15, 0.2) is 0 Å². The van der Waals surface area contributed by atoms with Crippen LogP contribution in [0, 0.1) is 5.82 Å². The number of aryl methyl sites for hydroxylation is 1. The fourth-order valence-corrected chi connectivity index (χ4v) is 2.70. The Morgan fingerprint density at radius 3 is 2.58 bits per heavy atom. The van der Waals surface area contributed by atoms with Crippen LogP contribution in [0.25, 0.3) is 22.4 Å². The average molecular weight is 352 g/mol. The minimum atomic E-state index is -0.746. The number of rotatable bonds is 4. The number of anilines is 1. The summed E-state index contributed by atoms with van der Waals surface area (Å²) < 4.78 is 18.6. The molecule has 2 aromatic heterocycles. The number of carbonyl (C=O) groups is 1. The van der Waals surface area contributed by atoms with E-state index in [-0.39, 0.29) is 5.56 Å². The molecule has 26 heavy (non-hydrogen) atoms. The Balaban J connectivity index is 2.23. The number of methoxy groups -OCH3 is 1. The topological polar surface area (TPSA) is 91.0 Å². The number of ether oxygens (including phenoxy) is 1. The third kappa shape index (κ3) is 3.23. The summed E-state index contributed by atoms with van der Waals surface area (Å²) in [5.74, 6) is -0.995. The Morgan fingerprint density at radius 2 is 1.92 bits per heavy atom. The Kier molecular flexibility index (Phi) is 4.88. The highest BCUT2D eigenvalue weighted by Crippen LogP contribution is 2.33. The van der Waals surface area contributed by atoms with E-state index < -0.39 is 11.8 Å². The van der Waals surface area contributed by atoms with E-state index in [1.54, 1.807) is 18.3 Å². The van der Waals surface area contributed by atoms with Crippen molar-refractivity contribution in [1.82, 2.24) is 15.0 Å². The lowest BCUT2D eigenvalue weighted by Gasteiger charge is -2.13. The van der Waals surface area contributed by atoms with Gasteiger partial charge in [0.25, 0.3) is 0 Å². The normalized spacial score (nSPS) is 10.6. The van der Waals surface area contributed by atoms with Gasteiger partial charge in [-0.1, -0.05) is 6.92 Å². The van der Waals surface area contributed by atoms with Crippen molar-refractivity contribution in [3.05, 3.63) is 59.9 Å². The van der Waals surface area contributed by atoms with Crippen molar-refractivity contribution in [2.24, 2.45) is 0 Å². The first-order valence-electron chi connectivity index (χ1n) is 7.99. The SMILES string of the molecule is CCc1ncnc(-c2ccc(F)c(C(=O)OC)c2)c1-c1ccc(N)nc1. The minimum Gasteiger partial charge on any atom is -0.465 e. The molecule has 0 saturated carbocycles. The fraction of sp³-hybridized carbons (Fsp3) is 0.158. The second-order valence-electron chi connectivity index (χ2n) is 5.56. The van der Waals surface area contributed by atoms with Crippen LogP contribution in [-0.4, -0.2) is 28.0 Å². The number of carbonyl (C=O) groups excluding carboxylic acids is 1. The summed E-state index contributed by atoms with van der Waals surface area (Å²) in [5.41, 5.74) is 9.05. The highest BCUT2D eigenvalue weighted by atomic mass is 19.1. The van der Waals surface area contributed by atoms with Gasteiger partial charge >= 0.3 is 5.97 Å². The number of nitrogen functional groups attached to an aromatic ring is 1. The van der Waals surface area contributed by atoms with Crippen LogP contribution < -0.4 is 5.73 Å². The first-order valence-corrected chi connectivity index (χ1v) is 7.99. The van der Waals surface area contributed by atoms with Crippen LogP contribution in [0.4, 0.5) is 10.2 Å². The summed E-state index contributed by atoms with van der Waals surface area (Å²) in [7, 11) is 1.21. The number of nitrogens with two attached hydrogens (primary N) is 1. The molecule has 2 N–H and O–H groups in total. The predicted octanol–water partition coefficient (Wildman–Crippen LogP) is 3.28. The number of nitrogens with zero attached hydrogens (tertiary/aromatic N) is 3. The molecule has 2 heterocycles. The molecule has 0 fully saturated rings. The van der Waals surface area contributed by atoms with Gasteiger partial charge in [-0.2, -0.15) is 0 Å². The number of esters is 1. The lowest BCUT2D eigenvalue weighted by molar-refractivity contribution is 0.0595. The summed E-state index contributed by atoms with van der Waals surface area (Å²) in [6, 6.07) is 7.74. The molecule has 7 heteroatoms. The molecule has 0 aliphatic carbocycles. The van der Waals surface area contributed by atoms with Gasteiger partial charge in [-0.3, -0.25) is 0 Å². The highest BCUT2D eigenvalue weighted by molar-refractivity contribution is 5.92. The molecule has 3 rings (SSSR count). The van der Waals surface area contributed by atoms with Gasteiger partial charge in [-0.15, -0.1) is 0 Å². The van der Waals surface area contributed by atoms with Gasteiger partial charge in [0, 0.05) is 22.9 Å². The maximum Gasteiger partial charge on any atom is 0.340 e. The summed E-state index contributed by atoms with van der Waals surface area (Å²) in [6.07, 6.45) is 3.76. The number of aromatic nitrogens is 3. The Hall–Kier alpha value is -3.35. The molecule has 0 bridgehead atoms. The van der Waals surface area contributed by atoms with E-state index in [9.17, 15) is 9.18 Å². The van der Waals surface area contributed by atoms with Crippen LogP contribution in [-0.2, 0) is 11.2 Å². The summed E-state index contributed by atoms with van der Waals surface area (Å²) in [4.78, 5) is 24.6. The van der Waals surface area contributed by atoms with Crippen LogP contribution in [0.5, 0.6) is 0 Å². The monoisotopic (exact) mass is 352 g/mol. The third-order valence-corrected chi connectivity index (χ3v) is 3.98. The first kappa shape index (κ1) is 17.5. The van der Waals surface area contributed by atoms with Crippen molar-refractivity contribution < 1.29 is 13.9 Å². The van der Waals surface area contributed by atoms with Crippen molar-refractivity contribution in [3.63, 3.8) is 0 Å². The van der Waals surface area contributed by atoms with Gasteiger partial charge in [-0.05, 0) is 36.8 Å². The lowest BCUT2D eigenvalue weighted by atomic mass is 9.96. The maximum absolute atomic E-state index is 14.0. The molecule has 0 saturated heterocycles. The highest BCUT2D eigenvalue weighted by Gasteiger charge is 2.18.